The van der Waals surface area contributed by atoms with E-state index in [1.807, 2.05) is 16.8 Å². The van der Waals surface area contributed by atoms with Crippen molar-refractivity contribution in [3.05, 3.63) is 34.2 Å². The van der Waals surface area contributed by atoms with Gasteiger partial charge in [0.25, 0.3) is 5.56 Å². The molecule has 0 amide bonds. The number of pyridine rings is 1. The molecule has 3 heterocycles. The highest BCUT2D eigenvalue weighted by Gasteiger charge is 2.28. The van der Waals surface area contributed by atoms with Crippen molar-refractivity contribution in [2.75, 3.05) is 6.54 Å². The van der Waals surface area contributed by atoms with Gasteiger partial charge in [-0.15, -0.1) is 0 Å². The fraction of sp³-hybridized carbons (Fsp3) is 0.455. The second kappa shape index (κ2) is 2.80. The Kier molecular flexibility index (Phi) is 1.60. The third-order valence-corrected chi connectivity index (χ3v) is 3.15. The van der Waals surface area contributed by atoms with E-state index in [0.29, 0.717) is 11.8 Å². The molecule has 2 aliphatic heterocycles. The van der Waals surface area contributed by atoms with Crippen molar-refractivity contribution < 1.29 is 0 Å². The first-order chi connectivity index (χ1) is 6.84. The Morgan fingerprint density at radius 3 is 3.29 bits per heavy atom. The molecule has 0 spiro atoms. The molecule has 0 aromatic carbocycles. The summed E-state index contributed by atoms with van der Waals surface area (Å²) in [4.78, 5) is 16.0. The van der Waals surface area contributed by atoms with E-state index >= 15 is 0 Å². The van der Waals surface area contributed by atoms with Crippen molar-refractivity contribution in [3.63, 3.8) is 0 Å². The first-order valence-corrected chi connectivity index (χ1v) is 5.04. The zero-order chi connectivity index (χ0) is 9.54. The van der Waals surface area contributed by atoms with Crippen LogP contribution in [0.5, 0.6) is 0 Å². The number of fused-ring (bicyclic) bond motifs is 4. The fourth-order valence-corrected chi connectivity index (χ4v) is 2.50. The van der Waals surface area contributed by atoms with E-state index in [9.17, 15) is 4.79 Å². The fourth-order valence-electron chi connectivity index (χ4n) is 2.50. The van der Waals surface area contributed by atoms with E-state index in [4.69, 9.17) is 0 Å². The molecule has 3 rings (SSSR count). The zero-order valence-corrected chi connectivity index (χ0v) is 7.89. The zero-order valence-electron chi connectivity index (χ0n) is 7.89. The highest BCUT2D eigenvalue weighted by Crippen LogP contribution is 2.31. The summed E-state index contributed by atoms with van der Waals surface area (Å²) in [5.41, 5.74) is 1.30. The minimum Gasteiger partial charge on any atom is -0.312 e. The highest BCUT2D eigenvalue weighted by atomic mass is 16.1. The second-order valence-corrected chi connectivity index (χ2v) is 4.11. The lowest BCUT2D eigenvalue weighted by atomic mass is 9.86. The Labute approximate surface area is 82.1 Å². The van der Waals surface area contributed by atoms with Crippen LogP contribution in [0.1, 0.15) is 18.0 Å². The van der Waals surface area contributed by atoms with Crippen LogP contribution in [0, 0.1) is 5.92 Å². The van der Waals surface area contributed by atoms with Crippen LogP contribution < -0.4 is 5.56 Å². The van der Waals surface area contributed by atoms with Gasteiger partial charge in [0.15, 0.2) is 0 Å². The monoisotopic (exact) mass is 188 g/mol. The average Bonchev–Trinajstić information content (AvgIpc) is 2.20. The predicted molar refractivity (Wildman–Crippen MR) is 54.9 cm³/mol. The van der Waals surface area contributed by atoms with Crippen LogP contribution in [-0.2, 0) is 6.54 Å². The number of nitrogens with zero attached hydrogens (tertiary/aromatic N) is 2. The van der Waals surface area contributed by atoms with Gasteiger partial charge in [0, 0.05) is 42.9 Å². The van der Waals surface area contributed by atoms with Crippen LogP contribution in [0.3, 0.4) is 0 Å². The highest BCUT2D eigenvalue weighted by molar-refractivity contribution is 5.62. The number of aliphatic imine (C=N–C) groups is 1. The van der Waals surface area contributed by atoms with Gasteiger partial charge >= 0.3 is 0 Å². The largest absolute Gasteiger partial charge is 0.312 e. The quantitative estimate of drug-likeness (QED) is 0.599. The molecule has 0 unspecified atom stereocenters. The van der Waals surface area contributed by atoms with E-state index < -0.39 is 0 Å². The smallest absolute Gasteiger partial charge is 0.250 e. The first kappa shape index (κ1) is 7.97. The predicted octanol–water partition coefficient (Wildman–Crippen LogP) is 1.04. The minimum atomic E-state index is 0.132. The topological polar surface area (TPSA) is 34.4 Å². The molecule has 0 saturated carbocycles. The molecule has 0 fully saturated rings. The van der Waals surface area contributed by atoms with E-state index in [1.54, 1.807) is 6.07 Å². The molecule has 0 aliphatic carbocycles. The second-order valence-electron chi connectivity index (χ2n) is 4.11. The van der Waals surface area contributed by atoms with Gasteiger partial charge in [-0.2, -0.15) is 0 Å². The molecule has 0 N–H and O–H groups in total. The number of rotatable bonds is 0. The molecule has 72 valence electrons. The van der Waals surface area contributed by atoms with Crippen LogP contribution >= 0.6 is 0 Å². The van der Waals surface area contributed by atoms with Crippen LogP contribution in [0.2, 0.25) is 0 Å². The molecular weight excluding hydrogens is 176 g/mol. The molecule has 14 heavy (non-hydrogen) atoms. The van der Waals surface area contributed by atoms with Crippen molar-refractivity contribution in [2.24, 2.45) is 10.9 Å². The number of hydrogen-bond donors (Lipinski definition) is 0. The minimum absolute atomic E-state index is 0.132. The van der Waals surface area contributed by atoms with E-state index in [1.165, 1.54) is 5.69 Å². The van der Waals surface area contributed by atoms with Gasteiger partial charge in [-0.25, -0.2) is 0 Å². The summed E-state index contributed by atoms with van der Waals surface area (Å²) in [5.74, 6) is 0.939. The molecule has 2 atom stereocenters. The van der Waals surface area contributed by atoms with E-state index in [2.05, 4.69) is 11.1 Å². The Bertz CT molecular complexity index is 447. The van der Waals surface area contributed by atoms with Crippen molar-refractivity contribution in [1.29, 1.82) is 0 Å². The van der Waals surface area contributed by atoms with Crippen LogP contribution in [0.4, 0.5) is 0 Å². The van der Waals surface area contributed by atoms with Crippen LogP contribution in [-0.4, -0.2) is 17.3 Å². The van der Waals surface area contributed by atoms with E-state index in [0.717, 1.165) is 19.5 Å². The van der Waals surface area contributed by atoms with Crippen LogP contribution in [0.15, 0.2) is 28.0 Å². The maximum atomic E-state index is 11.6. The number of hydrogen-bond acceptors (Lipinski definition) is 2. The summed E-state index contributed by atoms with van der Waals surface area (Å²) in [6, 6.07) is 5.55. The maximum absolute atomic E-state index is 11.6. The van der Waals surface area contributed by atoms with Crippen molar-refractivity contribution in [3.8, 4) is 0 Å². The lowest BCUT2D eigenvalue weighted by Crippen LogP contribution is -2.36. The summed E-state index contributed by atoms with van der Waals surface area (Å²) in [7, 11) is 0. The molecule has 3 heteroatoms. The summed E-state index contributed by atoms with van der Waals surface area (Å²) >= 11 is 0. The van der Waals surface area contributed by atoms with Gasteiger partial charge in [0.05, 0.1) is 0 Å². The van der Waals surface area contributed by atoms with Crippen molar-refractivity contribution in [2.45, 2.75) is 18.9 Å². The van der Waals surface area contributed by atoms with Crippen molar-refractivity contribution >= 4 is 6.21 Å². The molecule has 3 nitrogen and oxygen atoms in total. The Hall–Kier alpha value is -1.38. The summed E-state index contributed by atoms with van der Waals surface area (Å²) < 4.78 is 1.91. The molecule has 0 radical (unpaired) electrons. The average molecular weight is 188 g/mol. The van der Waals surface area contributed by atoms with Gasteiger partial charge in [0.2, 0.25) is 0 Å². The first-order valence-electron chi connectivity index (χ1n) is 5.04. The maximum Gasteiger partial charge on any atom is 0.250 e. The summed E-state index contributed by atoms with van der Waals surface area (Å²) in [6.07, 6.45) is 3.17. The Morgan fingerprint density at radius 2 is 2.36 bits per heavy atom. The normalized spacial score (nSPS) is 28.6. The van der Waals surface area contributed by atoms with Gasteiger partial charge in [-0.1, -0.05) is 6.07 Å². The third kappa shape index (κ3) is 1.05. The lowest BCUT2D eigenvalue weighted by molar-refractivity contribution is 0.379. The third-order valence-electron chi connectivity index (χ3n) is 3.15. The molecule has 1 aromatic heterocycles. The summed E-state index contributed by atoms with van der Waals surface area (Å²) in [5, 5.41) is 0. The molecule has 0 saturated heterocycles. The Balaban J connectivity index is 2.19. The number of aromatic nitrogens is 1. The lowest BCUT2D eigenvalue weighted by Gasteiger charge is -2.32. The standard InChI is InChI=1S/C11H12N2O/c14-11-3-1-2-10-9-4-8(5-12-6-9)7-13(10)11/h1-3,5,8-9H,4,6-7H2/t8-,9+/m0/s1. The summed E-state index contributed by atoms with van der Waals surface area (Å²) in [6.45, 7) is 1.66. The molecule has 2 bridgehead atoms. The Morgan fingerprint density at radius 1 is 1.43 bits per heavy atom. The van der Waals surface area contributed by atoms with Crippen molar-refractivity contribution in [1.82, 2.24) is 4.57 Å². The van der Waals surface area contributed by atoms with Gasteiger partial charge in [-0.3, -0.25) is 9.79 Å². The van der Waals surface area contributed by atoms with Gasteiger partial charge in [0.1, 0.15) is 0 Å². The van der Waals surface area contributed by atoms with Gasteiger partial charge < -0.3 is 4.57 Å². The van der Waals surface area contributed by atoms with Crippen LogP contribution in [0.25, 0.3) is 0 Å². The molecule has 2 aliphatic rings. The molecule has 1 aromatic rings. The SMILES string of the molecule is O=c1cccc2n1C[C@@H]1C=NC[C@H]2C1. The van der Waals surface area contributed by atoms with Gasteiger partial charge in [-0.05, 0) is 12.5 Å². The molecular formula is C11H12N2O. The van der Waals surface area contributed by atoms with E-state index in [-0.39, 0.29) is 5.56 Å².